The molecule has 17 nitrogen and oxygen atoms in total. The summed E-state index contributed by atoms with van der Waals surface area (Å²) in [6.07, 6.45) is 1.63. The van der Waals surface area contributed by atoms with Gasteiger partial charge in [0.15, 0.2) is 0 Å². The number of carboxylic acids is 2. The van der Waals surface area contributed by atoms with Crippen LogP contribution in [0.2, 0.25) is 0 Å². The number of ether oxygens (including phenoxy) is 4. The Morgan fingerprint density at radius 2 is 1.12 bits per heavy atom. The third-order valence-electron chi connectivity index (χ3n) is 5.09. The van der Waals surface area contributed by atoms with Gasteiger partial charge in [-0.05, 0) is 25.7 Å². The number of hydrogen-bond acceptors (Lipinski definition) is 12. The van der Waals surface area contributed by atoms with Crippen LogP contribution < -0.4 is 33.0 Å². The molecule has 2 atom stereocenters. The fourth-order valence-corrected chi connectivity index (χ4v) is 2.87. The van der Waals surface area contributed by atoms with Gasteiger partial charge in [0, 0.05) is 26.1 Å². The Labute approximate surface area is 232 Å². The van der Waals surface area contributed by atoms with Gasteiger partial charge in [0.25, 0.3) is 0 Å². The van der Waals surface area contributed by atoms with Gasteiger partial charge < -0.3 is 50.8 Å². The standard InChI is InChI=1S/C23H44N6O11/c24-17(22(33)34)4-5-19(30)27-7-9-37-11-14-40-16-21(32)28-8-10-38-12-13-39-15-20(31)26-6-2-1-3-18(29-25)23(35)36/h17-18,29H,1-16,24-25H2,(H,26,31)(H,27,30)(H,28,32)(H,33,34)(H,35,36). The minimum atomic E-state index is -1.15. The Morgan fingerprint density at radius 3 is 1.62 bits per heavy atom. The molecule has 0 heterocycles. The first kappa shape index (κ1) is 37.1. The maximum atomic E-state index is 11.7. The SMILES string of the molecule is NNC(CCCCNC(=O)COCCOCCNC(=O)COCCOCCNC(=O)CCC(N)C(=O)O)C(=O)O. The number of nitrogens with one attached hydrogen (secondary N) is 4. The molecular formula is C23H44N6O11. The highest BCUT2D eigenvalue weighted by Crippen LogP contribution is 2.00. The van der Waals surface area contributed by atoms with Crippen molar-refractivity contribution in [2.24, 2.45) is 11.6 Å². The van der Waals surface area contributed by atoms with Gasteiger partial charge in [-0.15, -0.1) is 0 Å². The lowest BCUT2D eigenvalue weighted by molar-refractivity contribution is -0.140. The molecule has 10 N–H and O–H groups in total. The summed E-state index contributed by atoms with van der Waals surface area (Å²) in [6, 6.07) is -1.87. The van der Waals surface area contributed by atoms with E-state index < -0.39 is 24.0 Å². The number of nitrogens with two attached hydrogens (primary N) is 2. The molecule has 0 aliphatic rings. The molecule has 0 bridgehead atoms. The normalized spacial score (nSPS) is 12.3. The second-order valence-corrected chi connectivity index (χ2v) is 8.42. The average molecular weight is 581 g/mol. The van der Waals surface area contributed by atoms with Crippen molar-refractivity contribution in [3.05, 3.63) is 0 Å². The molecule has 0 aliphatic heterocycles. The number of carbonyl (C=O) groups excluding carboxylic acids is 3. The van der Waals surface area contributed by atoms with Gasteiger partial charge in [-0.2, -0.15) is 0 Å². The van der Waals surface area contributed by atoms with Crippen LogP contribution in [0.5, 0.6) is 0 Å². The van der Waals surface area contributed by atoms with Crippen LogP contribution in [-0.4, -0.2) is 124 Å². The van der Waals surface area contributed by atoms with Crippen LogP contribution in [0.1, 0.15) is 32.1 Å². The van der Waals surface area contributed by atoms with Crippen molar-refractivity contribution in [1.29, 1.82) is 0 Å². The van der Waals surface area contributed by atoms with E-state index in [0.29, 0.717) is 25.8 Å². The Bertz CT molecular complexity index is 744. The molecule has 232 valence electrons. The zero-order valence-electron chi connectivity index (χ0n) is 22.7. The highest BCUT2D eigenvalue weighted by molar-refractivity contribution is 5.78. The smallest absolute Gasteiger partial charge is 0.322 e. The topological polar surface area (TPSA) is 263 Å². The van der Waals surface area contributed by atoms with E-state index >= 15 is 0 Å². The predicted octanol–water partition coefficient (Wildman–Crippen LogP) is -3.32. The minimum Gasteiger partial charge on any atom is -0.480 e. The molecule has 40 heavy (non-hydrogen) atoms. The second kappa shape index (κ2) is 25.1. The van der Waals surface area contributed by atoms with Gasteiger partial charge in [0.1, 0.15) is 25.3 Å². The lowest BCUT2D eigenvalue weighted by Crippen LogP contribution is -2.41. The summed E-state index contributed by atoms with van der Waals surface area (Å²) in [5.41, 5.74) is 7.54. The molecule has 0 rings (SSSR count). The van der Waals surface area contributed by atoms with E-state index in [1.54, 1.807) is 0 Å². The second-order valence-electron chi connectivity index (χ2n) is 8.42. The molecular weight excluding hydrogens is 536 g/mol. The molecule has 3 amide bonds. The molecule has 0 fully saturated rings. The quantitative estimate of drug-likeness (QED) is 0.0269. The Morgan fingerprint density at radius 1 is 0.625 bits per heavy atom. The largest absolute Gasteiger partial charge is 0.480 e. The number of carboxylic acid groups (broad SMARTS) is 2. The lowest BCUT2D eigenvalue weighted by Gasteiger charge is -2.11. The highest BCUT2D eigenvalue weighted by atomic mass is 16.5. The minimum absolute atomic E-state index is 0.0137. The molecule has 0 aromatic rings. The number of aliphatic carboxylic acids is 2. The first-order valence-corrected chi connectivity index (χ1v) is 13.0. The number of hydrazine groups is 1. The number of amides is 3. The van der Waals surface area contributed by atoms with E-state index in [9.17, 15) is 24.0 Å². The summed E-state index contributed by atoms with van der Waals surface area (Å²) in [4.78, 5) is 56.3. The van der Waals surface area contributed by atoms with Crippen LogP contribution in [0.3, 0.4) is 0 Å². The summed E-state index contributed by atoms with van der Waals surface area (Å²) in [5, 5.41) is 25.4. The Balaban J connectivity index is 3.44. The van der Waals surface area contributed by atoms with Crippen LogP contribution in [0, 0.1) is 0 Å². The third-order valence-corrected chi connectivity index (χ3v) is 5.09. The van der Waals surface area contributed by atoms with Crippen LogP contribution in [0.4, 0.5) is 0 Å². The van der Waals surface area contributed by atoms with E-state index in [-0.39, 0.29) is 96.5 Å². The van der Waals surface area contributed by atoms with Gasteiger partial charge in [0.05, 0.1) is 39.6 Å². The summed E-state index contributed by atoms with van der Waals surface area (Å²) in [5.74, 6) is 2.06. The molecule has 17 heteroatoms. The van der Waals surface area contributed by atoms with Gasteiger partial charge >= 0.3 is 11.9 Å². The fraction of sp³-hybridized carbons (Fsp3) is 0.783. The van der Waals surface area contributed by atoms with Gasteiger partial charge in [0.2, 0.25) is 17.7 Å². The third kappa shape index (κ3) is 23.0. The number of unbranched alkanes of at least 4 members (excludes halogenated alkanes) is 1. The fourth-order valence-electron chi connectivity index (χ4n) is 2.87. The van der Waals surface area contributed by atoms with Crippen molar-refractivity contribution in [2.45, 2.75) is 44.2 Å². The average Bonchev–Trinajstić information content (AvgIpc) is 2.91. The van der Waals surface area contributed by atoms with Crippen LogP contribution >= 0.6 is 0 Å². The van der Waals surface area contributed by atoms with E-state index in [0.717, 1.165) is 0 Å². The molecule has 0 saturated heterocycles. The number of hydrogen-bond donors (Lipinski definition) is 8. The first-order valence-electron chi connectivity index (χ1n) is 13.0. The monoisotopic (exact) mass is 580 g/mol. The van der Waals surface area contributed by atoms with Crippen LogP contribution in [-0.2, 0) is 42.9 Å². The Kier molecular flexibility index (Phi) is 23.2. The molecule has 0 aromatic heterocycles. The molecule has 0 aromatic carbocycles. The van der Waals surface area contributed by atoms with E-state index in [4.69, 9.17) is 40.7 Å². The molecule has 0 aliphatic carbocycles. The van der Waals surface area contributed by atoms with E-state index in [1.165, 1.54) is 0 Å². The summed E-state index contributed by atoms with van der Waals surface area (Å²) in [7, 11) is 0. The van der Waals surface area contributed by atoms with Crippen molar-refractivity contribution in [3.63, 3.8) is 0 Å². The zero-order chi connectivity index (χ0) is 30.0. The van der Waals surface area contributed by atoms with Crippen molar-refractivity contribution in [3.8, 4) is 0 Å². The number of carbonyl (C=O) groups is 5. The molecule has 0 spiro atoms. The summed E-state index contributed by atoms with van der Waals surface area (Å²) >= 11 is 0. The zero-order valence-corrected chi connectivity index (χ0v) is 22.7. The maximum Gasteiger partial charge on any atom is 0.322 e. The molecule has 0 radical (unpaired) electrons. The molecule has 2 unspecified atom stereocenters. The van der Waals surface area contributed by atoms with E-state index in [2.05, 4.69) is 21.4 Å². The van der Waals surface area contributed by atoms with Gasteiger partial charge in [-0.3, -0.25) is 29.8 Å². The van der Waals surface area contributed by atoms with Crippen LogP contribution in [0.25, 0.3) is 0 Å². The predicted molar refractivity (Wildman–Crippen MR) is 140 cm³/mol. The number of rotatable bonds is 27. The van der Waals surface area contributed by atoms with Crippen molar-refractivity contribution in [2.75, 3.05) is 72.5 Å². The lowest BCUT2D eigenvalue weighted by atomic mass is 10.1. The Hall–Kier alpha value is -2.93. The van der Waals surface area contributed by atoms with Crippen molar-refractivity contribution < 1.29 is 53.1 Å². The maximum absolute atomic E-state index is 11.7. The highest BCUT2D eigenvalue weighted by Gasteiger charge is 2.14. The van der Waals surface area contributed by atoms with Crippen LogP contribution in [0.15, 0.2) is 0 Å². The van der Waals surface area contributed by atoms with Gasteiger partial charge in [-0.25, -0.2) is 5.43 Å². The summed E-state index contributed by atoms with van der Waals surface area (Å²) < 4.78 is 21.0. The van der Waals surface area contributed by atoms with Gasteiger partial charge in [-0.1, -0.05) is 0 Å². The first-order chi connectivity index (χ1) is 19.2. The van der Waals surface area contributed by atoms with E-state index in [1.807, 2.05) is 0 Å². The van der Waals surface area contributed by atoms with Crippen molar-refractivity contribution in [1.82, 2.24) is 21.4 Å². The summed E-state index contributed by atoms with van der Waals surface area (Å²) in [6.45, 7) is 2.03. The van der Waals surface area contributed by atoms with Crippen molar-refractivity contribution >= 4 is 29.7 Å². The molecule has 0 saturated carbocycles.